The number of hydrogen-bond acceptors (Lipinski definition) is 3. The van der Waals surface area contributed by atoms with Gasteiger partial charge in [0.05, 0.1) is 18.6 Å². The first kappa shape index (κ1) is 17.0. The molecule has 0 bridgehead atoms. The molecule has 0 aliphatic heterocycles. The Kier molecular flexibility index (Phi) is 6.00. The van der Waals surface area contributed by atoms with E-state index in [2.05, 4.69) is 5.32 Å². The molecule has 0 radical (unpaired) electrons. The standard InChI is InChI=1S/C17H20ClNO2S/c1-11(2)15(20)9-16(21)19-17(13-7-8-22-10-13)12-3-5-14(18)6-4-12/h3-8,10-11,15,17,20H,9H2,1-2H3,(H,19,21). The fraction of sp³-hybridized carbons (Fsp3) is 0.353. The van der Waals surface area contributed by atoms with Crippen LogP contribution in [0.25, 0.3) is 0 Å². The summed E-state index contributed by atoms with van der Waals surface area (Å²) < 4.78 is 0. The lowest BCUT2D eigenvalue weighted by Crippen LogP contribution is -2.33. The molecular formula is C17H20ClNO2S. The molecule has 118 valence electrons. The van der Waals surface area contributed by atoms with E-state index in [9.17, 15) is 9.90 Å². The van der Waals surface area contributed by atoms with Gasteiger partial charge in [0.1, 0.15) is 0 Å². The zero-order valence-electron chi connectivity index (χ0n) is 12.6. The number of benzene rings is 1. The van der Waals surface area contributed by atoms with Crippen LogP contribution in [0.5, 0.6) is 0 Å². The van der Waals surface area contributed by atoms with Crippen molar-refractivity contribution in [3.8, 4) is 0 Å². The summed E-state index contributed by atoms with van der Waals surface area (Å²) in [6.07, 6.45) is -0.528. The highest BCUT2D eigenvalue weighted by molar-refractivity contribution is 7.08. The van der Waals surface area contributed by atoms with E-state index in [0.717, 1.165) is 11.1 Å². The number of carbonyl (C=O) groups is 1. The maximum Gasteiger partial charge on any atom is 0.223 e. The summed E-state index contributed by atoms with van der Waals surface area (Å²) in [7, 11) is 0. The molecule has 1 amide bonds. The van der Waals surface area contributed by atoms with Gasteiger partial charge in [0.15, 0.2) is 0 Å². The number of aliphatic hydroxyl groups excluding tert-OH is 1. The molecule has 1 aromatic carbocycles. The summed E-state index contributed by atoms with van der Waals surface area (Å²) >= 11 is 7.52. The minimum Gasteiger partial charge on any atom is -0.392 e. The molecule has 3 nitrogen and oxygen atoms in total. The van der Waals surface area contributed by atoms with Gasteiger partial charge in [-0.3, -0.25) is 4.79 Å². The molecule has 0 aliphatic rings. The second kappa shape index (κ2) is 7.77. The molecule has 0 saturated carbocycles. The first-order valence-corrected chi connectivity index (χ1v) is 8.54. The second-order valence-electron chi connectivity index (χ2n) is 5.62. The van der Waals surface area contributed by atoms with Crippen LogP contribution in [0.2, 0.25) is 5.02 Å². The van der Waals surface area contributed by atoms with Gasteiger partial charge >= 0.3 is 0 Å². The minimum atomic E-state index is -0.631. The number of halogens is 1. The highest BCUT2D eigenvalue weighted by Crippen LogP contribution is 2.25. The van der Waals surface area contributed by atoms with Crippen molar-refractivity contribution < 1.29 is 9.90 Å². The molecule has 0 saturated heterocycles. The highest BCUT2D eigenvalue weighted by atomic mass is 35.5. The first-order valence-electron chi connectivity index (χ1n) is 7.22. The van der Waals surface area contributed by atoms with E-state index in [4.69, 9.17) is 11.6 Å². The molecule has 5 heteroatoms. The van der Waals surface area contributed by atoms with Crippen LogP contribution < -0.4 is 5.32 Å². The Morgan fingerprint density at radius 1 is 1.23 bits per heavy atom. The zero-order valence-corrected chi connectivity index (χ0v) is 14.2. The smallest absolute Gasteiger partial charge is 0.223 e. The third kappa shape index (κ3) is 4.57. The predicted molar refractivity (Wildman–Crippen MR) is 91.2 cm³/mol. The Morgan fingerprint density at radius 2 is 1.91 bits per heavy atom. The first-order chi connectivity index (χ1) is 10.5. The minimum absolute atomic E-state index is 0.0564. The Hall–Kier alpha value is -1.36. The van der Waals surface area contributed by atoms with E-state index in [1.807, 2.05) is 54.9 Å². The summed E-state index contributed by atoms with van der Waals surface area (Å²) in [4.78, 5) is 12.2. The van der Waals surface area contributed by atoms with Crippen molar-refractivity contribution in [3.05, 3.63) is 57.2 Å². The molecule has 0 spiro atoms. The summed E-state index contributed by atoms with van der Waals surface area (Å²) in [6.45, 7) is 3.79. The molecule has 2 aromatic rings. The van der Waals surface area contributed by atoms with Gasteiger partial charge in [0.2, 0.25) is 5.91 Å². The lowest BCUT2D eigenvalue weighted by Gasteiger charge is -2.20. The number of aliphatic hydroxyl groups is 1. The summed E-state index contributed by atoms with van der Waals surface area (Å²) in [6, 6.07) is 9.20. The molecule has 2 unspecified atom stereocenters. The Labute approximate surface area is 139 Å². The normalized spacial score (nSPS) is 13.9. The van der Waals surface area contributed by atoms with Crippen molar-refractivity contribution in [2.45, 2.75) is 32.4 Å². The van der Waals surface area contributed by atoms with Gasteiger partial charge in [-0.15, -0.1) is 0 Å². The van der Waals surface area contributed by atoms with Gasteiger partial charge in [-0.05, 0) is 46.0 Å². The third-order valence-corrected chi connectivity index (χ3v) is 4.50. The van der Waals surface area contributed by atoms with Crippen LogP contribution >= 0.6 is 22.9 Å². The van der Waals surface area contributed by atoms with E-state index in [0.29, 0.717) is 5.02 Å². The molecule has 2 rings (SSSR count). The summed E-state index contributed by atoms with van der Waals surface area (Å²) in [5.74, 6) is -0.103. The van der Waals surface area contributed by atoms with Crippen molar-refractivity contribution in [3.63, 3.8) is 0 Å². The summed E-state index contributed by atoms with van der Waals surface area (Å²) in [5, 5.41) is 17.5. The second-order valence-corrected chi connectivity index (χ2v) is 6.84. The van der Waals surface area contributed by atoms with E-state index >= 15 is 0 Å². The number of carbonyl (C=O) groups excluding carboxylic acids is 1. The average molecular weight is 338 g/mol. The lowest BCUT2D eigenvalue weighted by atomic mass is 10.00. The van der Waals surface area contributed by atoms with Gasteiger partial charge in [-0.25, -0.2) is 0 Å². The van der Waals surface area contributed by atoms with Crippen molar-refractivity contribution in [2.75, 3.05) is 0 Å². The van der Waals surface area contributed by atoms with E-state index in [-0.39, 0.29) is 24.3 Å². The largest absolute Gasteiger partial charge is 0.392 e. The number of rotatable bonds is 6. The Balaban J connectivity index is 2.16. The Morgan fingerprint density at radius 3 is 2.45 bits per heavy atom. The van der Waals surface area contributed by atoms with Gasteiger partial charge in [-0.1, -0.05) is 37.6 Å². The van der Waals surface area contributed by atoms with Crippen LogP contribution in [-0.4, -0.2) is 17.1 Å². The van der Waals surface area contributed by atoms with Crippen molar-refractivity contribution in [1.82, 2.24) is 5.32 Å². The molecular weight excluding hydrogens is 318 g/mol. The van der Waals surface area contributed by atoms with Crippen LogP contribution in [0.4, 0.5) is 0 Å². The molecule has 0 fully saturated rings. The number of amides is 1. The predicted octanol–water partition coefficient (Wildman–Crippen LogP) is 4.01. The lowest BCUT2D eigenvalue weighted by molar-refractivity contribution is -0.124. The van der Waals surface area contributed by atoms with Crippen LogP contribution in [-0.2, 0) is 4.79 Å². The quantitative estimate of drug-likeness (QED) is 0.836. The topological polar surface area (TPSA) is 49.3 Å². The molecule has 2 atom stereocenters. The fourth-order valence-electron chi connectivity index (χ4n) is 2.10. The van der Waals surface area contributed by atoms with Crippen LogP contribution in [0, 0.1) is 5.92 Å². The highest BCUT2D eigenvalue weighted by Gasteiger charge is 2.20. The van der Waals surface area contributed by atoms with Crippen LogP contribution in [0.1, 0.15) is 37.4 Å². The van der Waals surface area contributed by atoms with Gasteiger partial charge < -0.3 is 10.4 Å². The van der Waals surface area contributed by atoms with Gasteiger partial charge in [0.25, 0.3) is 0 Å². The fourth-order valence-corrected chi connectivity index (χ4v) is 2.91. The Bertz CT molecular complexity index is 596. The maximum absolute atomic E-state index is 12.2. The van der Waals surface area contributed by atoms with Crippen LogP contribution in [0.3, 0.4) is 0 Å². The number of nitrogens with one attached hydrogen (secondary N) is 1. The number of hydrogen-bond donors (Lipinski definition) is 2. The molecule has 1 heterocycles. The monoisotopic (exact) mass is 337 g/mol. The van der Waals surface area contributed by atoms with Gasteiger partial charge in [-0.2, -0.15) is 11.3 Å². The van der Waals surface area contributed by atoms with E-state index < -0.39 is 6.10 Å². The van der Waals surface area contributed by atoms with E-state index in [1.54, 1.807) is 11.3 Å². The van der Waals surface area contributed by atoms with Crippen molar-refractivity contribution >= 4 is 28.8 Å². The van der Waals surface area contributed by atoms with Crippen LogP contribution in [0.15, 0.2) is 41.1 Å². The molecule has 2 N–H and O–H groups in total. The average Bonchev–Trinajstić information content (AvgIpc) is 2.99. The summed E-state index contributed by atoms with van der Waals surface area (Å²) in [5.41, 5.74) is 2.00. The SMILES string of the molecule is CC(C)C(O)CC(=O)NC(c1ccc(Cl)cc1)c1ccsc1. The molecule has 22 heavy (non-hydrogen) atoms. The van der Waals surface area contributed by atoms with Crippen molar-refractivity contribution in [2.24, 2.45) is 5.92 Å². The zero-order chi connectivity index (χ0) is 16.1. The number of thiophene rings is 1. The van der Waals surface area contributed by atoms with E-state index in [1.165, 1.54) is 0 Å². The molecule has 0 aliphatic carbocycles. The third-order valence-electron chi connectivity index (χ3n) is 3.55. The van der Waals surface area contributed by atoms with Gasteiger partial charge in [0, 0.05) is 5.02 Å². The molecule has 1 aromatic heterocycles. The van der Waals surface area contributed by atoms with Crippen molar-refractivity contribution in [1.29, 1.82) is 0 Å². The maximum atomic E-state index is 12.2.